The maximum absolute atomic E-state index is 12.7. The summed E-state index contributed by atoms with van der Waals surface area (Å²) in [7, 11) is 1.82. The average Bonchev–Trinajstić information content (AvgIpc) is 3.14. The van der Waals surface area contributed by atoms with Crippen LogP contribution in [0.3, 0.4) is 0 Å². The van der Waals surface area contributed by atoms with Crippen LogP contribution in [0.15, 0.2) is 4.99 Å². The largest absolute Gasteiger partial charge is 0.381 e. The van der Waals surface area contributed by atoms with E-state index in [0.717, 1.165) is 70.9 Å². The van der Waals surface area contributed by atoms with E-state index in [-0.39, 0.29) is 5.92 Å². The summed E-state index contributed by atoms with van der Waals surface area (Å²) in [5, 5.41) is 6.96. The highest BCUT2D eigenvalue weighted by Gasteiger charge is 2.31. The van der Waals surface area contributed by atoms with Crippen molar-refractivity contribution in [1.29, 1.82) is 0 Å². The molecule has 0 aromatic rings. The summed E-state index contributed by atoms with van der Waals surface area (Å²) >= 11 is 0. The van der Waals surface area contributed by atoms with Crippen molar-refractivity contribution in [3.8, 4) is 0 Å². The molecule has 3 rings (SSSR count). The Hall–Kier alpha value is -1.30. The number of nitrogens with zero attached hydrogens (tertiary/aromatic N) is 2. The van der Waals surface area contributed by atoms with Crippen LogP contribution in [0.4, 0.5) is 0 Å². The molecular weight excluding hydrogens is 316 g/mol. The molecule has 2 N–H and O–H groups in total. The zero-order valence-electron chi connectivity index (χ0n) is 15.6. The normalized spacial score (nSPS) is 26.7. The number of guanidine groups is 1. The van der Waals surface area contributed by atoms with Gasteiger partial charge >= 0.3 is 0 Å². The summed E-state index contributed by atoms with van der Waals surface area (Å²) < 4.78 is 5.41. The Morgan fingerprint density at radius 3 is 2.60 bits per heavy atom. The van der Waals surface area contributed by atoms with Crippen molar-refractivity contribution >= 4 is 11.9 Å². The molecule has 1 unspecified atom stereocenters. The number of amides is 1. The van der Waals surface area contributed by atoms with Gasteiger partial charge in [-0.25, -0.2) is 0 Å². The SMILES string of the molecule is CN=C(NCC1CCOCC1)NC1CCN(C(=O)C2CCCCC2)C1. The summed E-state index contributed by atoms with van der Waals surface area (Å²) in [6, 6.07) is 0.313. The Kier molecular flexibility index (Phi) is 6.96. The number of likely N-dealkylation sites (tertiary alicyclic amines) is 1. The van der Waals surface area contributed by atoms with Gasteiger partial charge in [0.1, 0.15) is 0 Å². The fraction of sp³-hybridized carbons (Fsp3) is 0.895. The molecular formula is C19H34N4O2. The molecule has 0 radical (unpaired) electrons. The lowest BCUT2D eigenvalue weighted by Gasteiger charge is -2.27. The van der Waals surface area contributed by atoms with Crippen LogP contribution >= 0.6 is 0 Å². The van der Waals surface area contributed by atoms with Gasteiger partial charge in [-0.2, -0.15) is 0 Å². The number of ether oxygens (including phenoxy) is 1. The van der Waals surface area contributed by atoms with E-state index in [1.165, 1.54) is 19.3 Å². The van der Waals surface area contributed by atoms with E-state index < -0.39 is 0 Å². The minimum atomic E-state index is 0.276. The maximum Gasteiger partial charge on any atom is 0.225 e. The third-order valence-corrected chi connectivity index (χ3v) is 5.92. The van der Waals surface area contributed by atoms with Crippen LogP contribution in [0, 0.1) is 11.8 Å². The highest BCUT2D eigenvalue weighted by Crippen LogP contribution is 2.26. The van der Waals surface area contributed by atoms with Gasteiger partial charge in [-0.3, -0.25) is 9.79 Å². The smallest absolute Gasteiger partial charge is 0.225 e. The Labute approximate surface area is 151 Å². The van der Waals surface area contributed by atoms with Crippen LogP contribution in [0.5, 0.6) is 0 Å². The molecule has 142 valence electrons. The number of carbonyl (C=O) groups excluding carboxylic acids is 1. The second-order valence-electron chi connectivity index (χ2n) is 7.76. The molecule has 2 aliphatic heterocycles. The molecule has 3 aliphatic rings. The first-order valence-corrected chi connectivity index (χ1v) is 10.1. The molecule has 1 saturated carbocycles. The predicted molar refractivity (Wildman–Crippen MR) is 99.6 cm³/mol. The van der Waals surface area contributed by atoms with E-state index in [1.54, 1.807) is 0 Å². The van der Waals surface area contributed by atoms with E-state index in [4.69, 9.17) is 4.74 Å². The first-order valence-electron chi connectivity index (χ1n) is 10.1. The minimum Gasteiger partial charge on any atom is -0.381 e. The fourth-order valence-corrected chi connectivity index (χ4v) is 4.27. The van der Waals surface area contributed by atoms with Crippen molar-refractivity contribution in [1.82, 2.24) is 15.5 Å². The van der Waals surface area contributed by atoms with Crippen LogP contribution in [0.2, 0.25) is 0 Å². The van der Waals surface area contributed by atoms with Crippen LogP contribution in [0.1, 0.15) is 51.4 Å². The van der Waals surface area contributed by atoms with Crippen molar-refractivity contribution in [2.24, 2.45) is 16.8 Å². The quantitative estimate of drug-likeness (QED) is 0.599. The topological polar surface area (TPSA) is 66.0 Å². The van der Waals surface area contributed by atoms with Gasteiger partial charge in [0.2, 0.25) is 5.91 Å². The first-order chi connectivity index (χ1) is 12.3. The van der Waals surface area contributed by atoms with Gasteiger partial charge in [-0.1, -0.05) is 19.3 Å². The van der Waals surface area contributed by atoms with E-state index in [1.807, 2.05) is 7.05 Å². The molecule has 0 aromatic heterocycles. The summed E-state index contributed by atoms with van der Waals surface area (Å²) in [6.45, 7) is 4.39. The van der Waals surface area contributed by atoms with Gasteiger partial charge in [0.05, 0.1) is 0 Å². The zero-order valence-corrected chi connectivity index (χ0v) is 15.6. The standard InChI is InChI=1S/C19H34N4O2/c1-20-19(21-13-15-8-11-25-12-9-15)22-17-7-10-23(14-17)18(24)16-5-3-2-4-6-16/h15-17H,2-14H2,1H3,(H2,20,21,22). The highest BCUT2D eigenvalue weighted by atomic mass is 16.5. The van der Waals surface area contributed by atoms with Crippen molar-refractivity contribution < 1.29 is 9.53 Å². The van der Waals surface area contributed by atoms with Crippen molar-refractivity contribution in [2.45, 2.75) is 57.4 Å². The molecule has 3 fully saturated rings. The van der Waals surface area contributed by atoms with Gasteiger partial charge < -0.3 is 20.3 Å². The summed E-state index contributed by atoms with van der Waals surface area (Å²) in [4.78, 5) is 19.1. The summed E-state index contributed by atoms with van der Waals surface area (Å²) in [5.74, 6) is 2.19. The van der Waals surface area contributed by atoms with Crippen molar-refractivity contribution in [3.05, 3.63) is 0 Å². The summed E-state index contributed by atoms with van der Waals surface area (Å²) in [5.41, 5.74) is 0. The third kappa shape index (κ3) is 5.33. The lowest BCUT2D eigenvalue weighted by molar-refractivity contribution is -0.135. The average molecular weight is 351 g/mol. The minimum absolute atomic E-state index is 0.276. The van der Waals surface area contributed by atoms with E-state index in [0.29, 0.717) is 17.9 Å². The van der Waals surface area contributed by atoms with E-state index in [9.17, 15) is 4.79 Å². The third-order valence-electron chi connectivity index (χ3n) is 5.92. The number of hydrogen-bond acceptors (Lipinski definition) is 3. The molecule has 6 heteroatoms. The molecule has 1 aliphatic carbocycles. The molecule has 0 aromatic carbocycles. The van der Waals surface area contributed by atoms with Crippen LogP contribution < -0.4 is 10.6 Å². The van der Waals surface area contributed by atoms with Crippen LogP contribution in [0.25, 0.3) is 0 Å². The second-order valence-corrected chi connectivity index (χ2v) is 7.76. The van der Waals surface area contributed by atoms with Crippen LogP contribution in [-0.2, 0) is 9.53 Å². The molecule has 0 spiro atoms. The Morgan fingerprint density at radius 2 is 1.88 bits per heavy atom. The lowest BCUT2D eigenvalue weighted by atomic mass is 9.88. The molecule has 0 bridgehead atoms. The number of carbonyl (C=O) groups is 1. The lowest BCUT2D eigenvalue weighted by Crippen LogP contribution is -2.47. The number of nitrogens with one attached hydrogen (secondary N) is 2. The maximum atomic E-state index is 12.7. The molecule has 1 atom stereocenters. The molecule has 1 amide bonds. The van der Waals surface area contributed by atoms with Crippen LogP contribution in [-0.4, -0.2) is 62.7 Å². The fourth-order valence-electron chi connectivity index (χ4n) is 4.27. The van der Waals surface area contributed by atoms with Gasteiger partial charge in [0.25, 0.3) is 0 Å². The summed E-state index contributed by atoms with van der Waals surface area (Å²) in [6.07, 6.45) is 9.15. The Morgan fingerprint density at radius 1 is 1.12 bits per heavy atom. The highest BCUT2D eigenvalue weighted by molar-refractivity contribution is 5.81. The van der Waals surface area contributed by atoms with Gasteiger partial charge in [0.15, 0.2) is 5.96 Å². The molecule has 2 heterocycles. The zero-order chi connectivity index (χ0) is 17.5. The van der Waals surface area contributed by atoms with E-state index >= 15 is 0 Å². The monoisotopic (exact) mass is 350 g/mol. The second kappa shape index (κ2) is 9.41. The number of rotatable bonds is 4. The number of aliphatic imine (C=N–C) groups is 1. The van der Waals surface area contributed by atoms with Crippen molar-refractivity contribution in [2.75, 3.05) is 39.9 Å². The van der Waals surface area contributed by atoms with E-state index in [2.05, 4.69) is 20.5 Å². The predicted octanol–water partition coefficient (Wildman–Crippen LogP) is 1.76. The van der Waals surface area contributed by atoms with Gasteiger partial charge in [-0.15, -0.1) is 0 Å². The first kappa shape index (κ1) is 18.5. The molecule has 25 heavy (non-hydrogen) atoms. The van der Waals surface area contributed by atoms with Gasteiger partial charge in [0, 0.05) is 51.9 Å². The Balaban J connectivity index is 1.40. The number of hydrogen-bond donors (Lipinski definition) is 2. The van der Waals surface area contributed by atoms with Crippen molar-refractivity contribution in [3.63, 3.8) is 0 Å². The van der Waals surface area contributed by atoms with Gasteiger partial charge in [-0.05, 0) is 38.0 Å². The molecule has 6 nitrogen and oxygen atoms in total. The Bertz CT molecular complexity index is 456. The molecule has 2 saturated heterocycles.